The zero-order valence-corrected chi connectivity index (χ0v) is 16.6. The zero-order chi connectivity index (χ0) is 20.4. The molecule has 2 amide bonds. The predicted molar refractivity (Wildman–Crippen MR) is 101 cm³/mol. The number of hydrogen-bond donors (Lipinski definition) is 2. The summed E-state index contributed by atoms with van der Waals surface area (Å²) in [4.78, 5) is 25.9. The van der Waals surface area contributed by atoms with Gasteiger partial charge in [-0.15, -0.1) is 0 Å². The molecule has 0 radical (unpaired) electrons. The first-order valence-corrected chi connectivity index (χ1v) is 8.95. The summed E-state index contributed by atoms with van der Waals surface area (Å²) in [5, 5.41) is 2.85. The van der Waals surface area contributed by atoms with Gasteiger partial charge in [0.1, 0.15) is 17.5 Å². The van der Waals surface area contributed by atoms with Crippen LogP contribution in [-0.4, -0.2) is 54.9 Å². The molecule has 7 nitrogen and oxygen atoms in total. The highest BCUT2D eigenvalue weighted by molar-refractivity contribution is 6.33. The number of carbonyl (C=O) groups excluding carboxylic acids is 2. The number of anilines is 1. The maximum atomic E-state index is 14.6. The Kier molecular flexibility index (Phi) is 6.41. The number of halogens is 2. The highest BCUT2D eigenvalue weighted by Crippen LogP contribution is 2.29. The van der Waals surface area contributed by atoms with Gasteiger partial charge in [-0.3, -0.25) is 4.79 Å². The van der Waals surface area contributed by atoms with Gasteiger partial charge in [-0.25, -0.2) is 9.18 Å². The lowest BCUT2D eigenvalue weighted by Gasteiger charge is -2.35. The molecule has 0 spiro atoms. The van der Waals surface area contributed by atoms with Crippen molar-refractivity contribution in [2.75, 3.05) is 25.9 Å². The van der Waals surface area contributed by atoms with Crippen LogP contribution in [0.15, 0.2) is 12.1 Å². The van der Waals surface area contributed by atoms with Crippen molar-refractivity contribution in [1.29, 1.82) is 0 Å². The van der Waals surface area contributed by atoms with Gasteiger partial charge in [-0.05, 0) is 33.3 Å². The highest BCUT2D eigenvalue weighted by Gasteiger charge is 2.35. The van der Waals surface area contributed by atoms with E-state index < -0.39 is 29.8 Å². The summed E-state index contributed by atoms with van der Waals surface area (Å²) >= 11 is 5.97. The van der Waals surface area contributed by atoms with Crippen LogP contribution in [0, 0.1) is 0 Å². The number of amides is 2. The topological polar surface area (TPSA) is 93.9 Å². The monoisotopic (exact) mass is 401 g/mol. The molecule has 150 valence electrons. The number of hydrogen-bond acceptors (Lipinski definition) is 5. The summed E-state index contributed by atoms with van der Waals surface area (Å²) < 4.78 is 25.0. The standard InChI is InChI=1S/C18H25ClFN3O4/c1-18(2,3)27-17(25)23-6-5-14(12(20)9-23)22-16(24)10-7-11(19)13(21)8-15(10)26-4/h7-8,12,14H,5-6,9,21H2,1-4H3,(H,22,24)/t12-,14+/m0/s1. The summed E-state index contributed by atoms with van der Waals surface area (Å²) in [6.45, 7) is 5.36. The molecule has 0 saturated carbocycles. The molecule has 27 heavy (non-hydrogen) atoms. The van der Waals surface area contributed by atoms with Crippen molar-refractivity contribution in [3.63, 3.8) is 0 Å². The number of nitrogens with zero attached hydrogens (tertiary/aromatic N) is 1. The zero-order valence-electron chi connectivity index (χ0n) is 15.8. The number of nitrogens with one attached hydrogen (secondary N) is 1. The fourth-order valence-electron chi connectivity index (χ4n) is 2.72. The Labute approximate surface area is 162 Å². The van der Waals surface area contributed by atoms with E-state index in [1.165, 1.54) is 24.1 Å². The van der Waals surface area contributed by atoms with Crippen LogP contribution in [0.3, 0.4) is 0 Å². The normalized spacial score (nSPS) is 20.1. The SMILES string of the molecule is COc1cc(N)c(Cl)cc1C(=O)N[C@@H]1CCN(C(=O)OC(C)(C)C)C[C@@H]1F. The molecule has 2 atom stereocenters. The van der Waals surface area contributed by atoms with Gasteiger partial charge in [0.2, 0.25) is 0 Å². The summed E-state index contributed by atoms with van der Waals surface area (Å²) in [6.07, 6.45) is -1.73. The summed E-state index contributed by atoms with van der Waals surface area (Å²) in [6, 6.07) is 2.08. The van der Waals surface area contributed by atoms with E-state index in [1.807, 2.05) is 0 Å². The molecule has 2 rings (SSSR count). The van der Waals surface area contributed by atoms with Crippen molar-refractivity contribution < 1.29 is 23.5 Å². The van der Waals surface area contributed by atoms with Gasteiger partial charge in [0.05, 0.1) is 36.0 Å². The number of carbonyl (C=O) groups is 2. The van der Waals surface area contributed by atoms with E-state index in [0.717, 1.165) is 0 Å². The molecule has 1 aliphatic rings. The van der Waals surface area contributed by atoms with E-state index in [1.54, 1.807) is 20.8 Å². The van der Waals surface area contributed by atoms with Gasteiger partial charge in [0.15, 0.2) is 0 Å². The number of piperidine rings is 1. The van der Waals surface area contributed by atoms with E-state index >= 15 is 0 Å². The van der Waals surface area contributed by atoms with Crippen LogP contribution in [0.5, 0.6) is 5.75 Å². The average molecular weight is 402 g/mol. The Bertz CT molecular complexity index is 723. The minimum atomic E-state index is -1.43. The quantitative estimate of drug-likeness (QED) is 0.759. The van der Waals surface area contributed by atoms with Gasteiger partial charge in [0.25, 0.3) is 5.91 Å². The van der Waals surface area contributed by atoms with Crippen LogP contribution in [0.25, 0.3) is 0 Å². The third kappa shape index (κ3) is 5.38. The number of rotatable bonds is 3. The molecule has 1 aromatic carbocycles. The van der Waals surface area contributed by atoms with E-state index in [9.17, 15) is 14.0 Å². The van der Waals surface area contributed by atoms with Crippen LogP contribution in [0.4, 0.5) is 14.9 Å². The van der Waals surface area contributed by atoms with Crippen LogP contribution in [-0.2, 0) is 4.74 Å². The number of likely N-dealkylation sites (tertiary alicyclic amines) is 1. The molecular weight excluding hydrogens is 377 g/mol. The second-order valence-corrected chi connectivity index (χ2v) is 7.79. The molecule has 9 heteroatoms. The van der Waals surface area contributed by atoms with Crippen molar-refractivity contribution >= 4 is 29.3 Å². The highest BCUT2D eigenvalue weighted by atomic mass is 35.5. The Balaban J connectivity index is 2.02. The van der Waals surface area contributed by atoms with Gasteiger partial charge in [-0.1, -0.05) is 11.6 Å². The molecule has 1 saturated heterocycles. The lowest BCUT2D eigenvalue weighted by atomic mass is 10.0. The maximum Gasteiger partial charge on any atom is 0.410 e. The lowest BCUT2D eigenvalue weighted by molar-refractivity contribution is 0.00972. The first-order valence-electron chi connectivity index (χ1n) is 8.57. The lowest BCUT2D eigenvalue weighted by Crippen LogP contribution is -2.54. The minimum Gasteiger partial charge on any atom is -0.496 e. The third-order valence-electron chi connectivity index (χ3n) is 4.07. The molecule has 0 aliphatic carbocycles. The maximum absolute atomic E-state index is 14.6. The molecule has 1 aromatic rings. The average Bonchev–Trinajstić information content (AvgIpc) is 2.56. The summed E-state index contributed by atoms with van der Waals surface area (Å²) in [5.41, 5.74) is 5.49. The number of methoxy groups -OCH3 is 1. The Hall–Kier alpha value is -2.22. The Morgan fingerprint density at radius 1 is 1.37 bits per heavy atom. The van der Waals surface area contributed by atoms with E-state index in [-0.39, 0.29) is 41.5 Å². The molecule has 0 aromatic heterocycles. The van der Waals surface area contributed by atoms with E-state index in [4.69, 9.17) is 26.8 Å². The number of nitrogen functional groups attached to an aromatic ring is 1. The number of alkyl halides is 1. The molecule has 3 N–H and O–H groups in total. The minimum absolute atomic E-state index is 0.153. The van der Waals surface area contributed by atoms with Crippen LogP contribution >= 0.6 is 11.6 Å². The first kappa shape index (κ1) is 21.1. The van der Waals surface area contributed by atoms with Crippen molar-refractivity contribution in [3.8, 4) is 5.75 Å². The van der Waals surface area contributed by atoms with Crippen molar-refractivity contribution in [3.05, 3.63) is 22.7 Å². The van der Waals surface area contributed by atoms with Crippen LogP contribution < -0.4 is 15.8 Å². The fourth-order valence-corrected chi connectivity index (χ4v) is 2.88. The van der Waals surface area contributed by atoms with Gasteiger partial charge in [-0.2, -0.15) is 0 Å². The second-order valence-electron chi connectivity index (χ2n) is 7.38. The van der Waals surface area contributed by atoms with Crippen molar-refractivity contribution in [1.82, 2.24) is 10.2 Å². The van der Waals surface area contributed by atoms with Gasteiger partial charge in [0, 0.05) is 12.6 Å². The molecule has 0 unspecified atom stereocenters. The predicted octanol–water partition coefficient (Wildman–Crippen LogP) is 3.01. The van der Waals surface area contributed by atoms with Crippen LogP contribution in [0.1, 0.15) is 37.6 Å². The number of ether oxygens (including phenoxy) is 2. The number of benzene rings is 1. The Morgan fingerprint density at radius 3 is 2.59 bits per heavy atom. The first-order chi connectivity index (χ1) is 12.5. The largest absolute Gasteiger partial charge is 0.496 e. The summed E-state index contributed by atoms with van der Waals surface area (Å²) in [7, 11) is 1.40. The van der Waals surface area contributed by atoms with Gasteiger partial charge < -0.3 is 25.4 Å². The van der Waals surface area contributed by atoms with E-state index in [0.29, 0.717) is 0 Å². The smallest absolute Gasteiger partial charge is 0.410 e. The third-order valence-corrected chi connectivity index (χ3v) is 4.40. The van der Waals surface area contributed by atoms with Crippen molar-refractivity contribution in [2.24, 2.45) is 0 Å². The molecule has 1 heterocycles. The van der Waals surface area contributed by atoms with E-state index in [2.05, 4.69) is 5.32 Å². The Morgan fingerprint density at radius 2 is 2.04 bits per heavy atom. The van der Waals surface area contributed by atoms with Crippen LogP contribution in [0.2, 0.25) is 5.02 Å². The van der Waals surface area contributed by atoms with Gasteiger partial charge >= 0.3 is 6.09 Å². The summed E-state index contributed by atoms with van der Waals surface area (Å²) in [5.74, 6) is -0.275. The molecular formula is C18H25ClFN3O4. The number of nitrogens with two attached hydrogens (primary N) is 1. The molecule has 0 bridgehead atoms. The second kappa shape index (κ2) is 8.21. The molecule has 1 fully saturated rings. The molecule has 1 aliphatic heterocycles. The van der Waals surface area contributed by atoms with Crippen molar-refractivity contribution in [2.45, 2.75) is 45.0 Å². The fraction of sp³-hybridized carbons (Fsp3) is 0.556.